The van der Waals surface area contributed by atoms with Gasteiger partial charge in [0.05, 0.1) is 16.4 Å². The number of halogens is 6. The number of hydrogen-bond acceptors (Lipinski definition) is 6. The van der Waals surface area contributed by atoms with E-state index in [1.54, 1.807) is 18.2 Å². The van der Waals surface area contributed by atoms with Gasteiger partial charge in [-0.15, -0.1) is 0 Å². The van der Waals surface area contributed by atoms with Crippen molar-refractivity contribution in [1.82, 2.24) is 4.90 Å². The maximum atomic E-state index is 14.7. The second-order valence-electron chi connectivity index (χ2n) is 7.32. The Bertz CT molecular complexity index is 1120. The van der Waals surface area contributed by atoms with Crippen molar-refractivity contribution in [2.24, 2.45) is 0 Å². The average molecular weight is 524 g/mol. The summed E-state index contributed by atoms with van der Waals surface area (Å²) in [5.41, 5.74) is -1.94. The second kappa shape index (κ2) is 9.87. The average Bonchev–Trinajstić information content (AvgIpc) is 2.72. The van der Waals surface area contributed by atoms with Gasteiger partial charge in [-0.05, 0) is 43.3 Å². The van der Waals surface area contributed by atoms with Gasteiger partial charge in [0.15, 0.2) is 12.3 Å². The molecule has 0 spiro atoms. The predicted molar refractivity (Wildman–Crippen MR) is 118 cm³/mol. The highest BCUT2D eigenvalue weighted by Gasteiger charge is 2.45. The maximum absolute atomic E-state index is 14.7. The summed E-state index contributed by atoms with van der Waals surface area (Å²) < 4.78 is 59.6. The smallest absolute Gasteiger partial charge is 0.431 e. The van der Waals surface area contributed by atoms with Crippen LogP contribution >= 0.6 is 23.2 Å². The lowest BCUT2D eigenvalue weighted by atomic mass is 10.2. The molecule has 2 aromatic carbocycles. The van der Waals surface area contributed by atoms with Gasteiger partial charge in [0.25, 0.3) is 5.91 Å². The Morgan fingerprint density at radius 2 is 1.88 bits per heavy atom. The van der Waals surface area contributed by atoms with Crippen LogP contribution in [0, 0.1) is 5.82 Å². The van der Waals surface area contributed by atoms with Gasteiger partial charge >= 0.3 is 6.18 Å². The first-order valence-corrected chi connectivity index (χ1v) is 10.4. The fraction of sp³-hybridized carbons (Fsp3) is 0.286. The number of anilines is 2. The van der Waals surface area contributed by atoms with Crippen LogP contribution in [-0.2, 0) is 4.79 Å². The number of ether oxygens (including phenoxy) is 1. The number of hydrogen-bond donors (Lipinski definition) is 3. The third kappa shape index (κ3) is 5.49. The minimum atomic E-state index is -4.86. The first-order chi connectivity index (χ1) is 15.8. The Morgan fingerprint density at radius 3 is 2.50 bits per heavy atom. The van der Waals surface area contributed by atoms with E-state index in [2.05, 4.69) is 5.32 Å². The SMILES string of the molecule is CC(Oc1cccc(Cl)c1)C(=O)Nc1cc(N2C(O)C=C(C(F)(F)F)N(C)C2O)c(F)cc1Cl. The molecule has 3 unspecified atom stereocenters. The minimum absolute atomic E-state index is 0.128. The van der Waals surface area contributed by atoms with E-state index >= 15 is 0 Å². The van der Waals surface area contributed by atoms with Crippen LogP contribution in [0.2, 0.25) is 10.0 Å². The molecule has 1 amide bonds. The van der Waals surface area contributed by atoms with Crippen molar-refractivity contribution in [2.45, 2.75) is 31.8 Å². The van der Waals surface area contributed by atoms with Crippen LogP contribution in [0.15, 0.2) is 48.2 Å². The van der Waals surface area contributed by atoms with E-state index in [0.717, 1.165) is 19.2 Å². The lowest BCUT2D eigenvalue weighted by Gasteiger charge is -2.43. The van der Waals surface area contributed by atoms with E-state index in [0.29, 0.717) is 26.6 Å². The molecule has 3 N–H and O–H groups in total. The number of allylic oxidation sites excluding steroid dienone is 1. The van der Waals surface area contributed by atoms with Crippen molar-refractivity contribution in [3.05, 3.63) is 64.0 Å². The van der Waals surface area contributed by atoms with Crippen LogP contribution in [-0.4, -0.2) is 52.9 Å². The quantitative estimate of drug-likeness (QED) is 0.506. The fourth-order valence-electron chi connectivity index (χ4n) is 3.21. The van der Waals surface area contributed by atoms with E-state index in [1.165, 1.54) is 13.0 Å². The Balaban J connectivity index is 1.86. The molecule has 0 radical (unpaired) electrons. The summed E-state index contributed by atoms with van der Waals surface area (Å²) >= 11 is 11.9. The van der Waals surface area contributed by atoms with Crippen molar-refractivity contribution >= 4 is 40.5 Å². The normalized spacial score (nSPS) is 19.5. The van der Waals surface area contributed by atoms with E-state index in [4.69, 9.17) is 27.9 Å². The van der Waals surface area contributed by atoms with Gasteiger partial charge in [-0.2, -0.15) is 13.2 Å². The predicted octanol–water partition coefficient (Wildman–Crippen LogP) is 4.33. The number of nitrogens with one attached hydrogen (secondary N) is 1. The molecule has 0 saturated heterocycles. The van der Waals surface area contributed by atoms with Crippen molar-refractivity contribution < 1.29 is 37.3 Å². The van der Waals surface area contributed by atoms with Gasteiger partial charge in [-0.1, -0.05) is 29.3 Å². The van der Waals surface area contributed by atoms with Crippen LogP contribution in [0.3, 0.4) is 0 Å². The zero-order chi connectivity index (χ0) is 25.4. The van der Waals surface area contributed by atoms with Gasteiger partial charge in [0.2, 0.25) is 6.35 Å². The molecule has 1 aliphatic rings. The van der Waals surface area contributed by atoms with Crippen LogP contribution in [0.1, 0.15) is 6.92 Å². The van der Waals surface area contributed by atoms with Crippen molar-refractivity contribution in [3.63, 3.8) is 0 Å². The third-order valence-corrected chi connectivity index (χ3v) is 5.46. The van der Waals surface area contributed by atoms with E-state index in [-0.39, 0.29) is 10.7 Å². The number of aliphatic hydroxyl groups excluding tert-OH is 2. The second-order valence-corrected chi connectivity index (χ2v) is 8.16. The van der Waals surface area contributed by atoms with Crippen molar-refractivity contribution in [2.75, 3.05) is 17.3 Å². The van der Waals surface area contributed by atoms with Gasteiger partial charge < -0.3 is 25.2 Å². The summed E-state index contributed by atoms with van der Waals surface area (Å²) in [7, 11) is 0.925. The minimum Gasteiger partial charge on any atom is -0.481 e. The molecule has 1 aliphatic heterocycles. The number of nitrogens with zero attached hydrogens (tertiary/aromatic N) is 2. The van der Waals surface area contributed by atoms with Crippen molar-refractivity contribution in [1.29, 1.82) is 0 Å². The van der Waals surface area contributed by atoms with Crippen LogP contribution in [0.5, 0.6) is 5.75 Å². The lowest BCUT2D eigenvalue weighted by Crippen LogP contribution is -2.56. The molecular weight excluding hydrogens is 505 g/mol. The zero-order valence-electron chi connectivity index (χ0n) is 17.6. The molecule has 2 aromatic rings. The van der Waals surface area contributed by atoms with E-state index in [1.807, 2.05) is 0 Å². The Hall–Kier alpha value is -2.73. The molecule has 0 aliphatic carbocycles. The molecule has 3 atom stereocenters. The van der Waals surface area contributed by atoms with Gasteiger partial charge in [0, 0.05) is 12.1 Å². The molecule has 0 bridgehead atoms. The fourth-order valence-corrected chi connectivity index (χ4v) is 3.59. The maximum Gasteiger partial charge on any atom is 0.431 e. The topological polar surface area (TPSA) is 85.3 Å². The number of amides is 1. The van der Waals surface area contributed by atoms with Crippen LogP contribution in [0.25, 0.3) is 0 Å². The molecule has 184 valence electrons. The Morgan fingerprint density at radius 1 is 1.21 bits per heavy atom. The monoisotopic (exact) mass is 523 g/mol. The van der Waals surface area contributed by atoms with Crippen molar-refractivity contribution in [3.8, 4) is 5.75 Å². The summed E-state index contributed by atoms with van der Waals surface area (Å²) in [5, 5.41) is 23.2. The van der Waals surface area contributed by atoms with Crippen LogP contribution in [0.4, 0.5) is 28.9 Å². The lowest BCUT2D eigenvalue weighted by molar-refractivity contribution is -0.133. The van der Waals surface area contributed by atoms with Gasteiger partial charge in [-0.25, -0.2) is 4.39 Å². The van der Waals surface area contributed by atoms with E-state index < -0.39 is 48.0 Å². The first-order valence-electron chi connectivity index (χ1n) is 9.68. The standard InChI is InChI=1S/C21H19Cl2F4N3O4/c1-10(34-12-5-3-4-11(22)6-12)19(32)28-15-8-16(14(24)7-13(15)23)30-18(31)9-17(21(25,26)27)29(2)20(30)33/h3-10,18,20,31,33H,1-2H3,(H,28,32). The van der Waals surface area contributed by atoms with Gasteiger partial charge in [-0.3, -0.25) is 9.69 Å². The third-order valence-electron chi connectivity index (χ3n) is 4.91. The Labute approximate surface area is 201 Å². The molecule has 13 heteroatoms. The number of rotatable bonds is 5. The highest BCUT2D eigenvalue weighted by atomic mass is 35.5. The number of carbonyl (C=O) groups is 1. The summed E-state index contributed by atoms with van der Waals surface area (Å²) in [6.07, 6.45) is -9.61. The number of benzene rings is 2. The largest absolute Gasteiger partial charge is 0.481 e. The molecule has 34 heavy (non-hydrogen) atoms. The molecule has 7 nitrogen and oxygen atoms in total. The summed E-state index contributed by atoms with van der Waals surface area (Å²) in [4.78, 5) is 13.6. The zero-order valence-corrected chi connectivity index (χ0v) is 19.2. The molecule has 1 heterocycles. The summed E-state index contributed by atoms with van der Waals surface area (Å²) in [5.74, 6) is -1.42. The highest BCUT2D eigenvalue weighted by Crippen LogP contribution is 2.38. The summed E-state index contributed by atoms with van der Waals surface area (Å²) in [6, 6.07) is 8.08. The molecular formula is C21H19Cl2F4N3O4. The number of aliphatic hydroxyl groups is 2. The number of alkyl halides is 3. The summed E-state index contributed by atoms with van der Waals surface area (Å²) in [6.45, 7) is 1.44. The molecule has 3 rings (SSSR count). The van der Waals surface area contributed by atoms with Crippen LogP contribution < -0.4 is 15.0 Å². The molecule has 0 saturated carbocycles. The van der Waals surface area contributed by atoms with E-state index in [9.17, 15) is 32.6 Å². The highest BCUT2D eigenvalue weighted by molar-refractivity contribution is 6.34. The van der Waals surface area contributed by atoms with Gasteiger partial charge in [0.1, 0.15) is 17.3 Å². The molecule has 0 aromatic heterocycles. The first kappa shape index (κ1) is 25.9. The molecule has 0 fully saturated rings. The Kier molecular flexibility index (Phi) is 7.51. The number of carbonyl (C=O) groups excluding carboxylic acids is 1.